The summed E-state index contributed by atoms with van der Waals surface area (Å²) in [4.78, 5) is 6.60. The SMILES string of the molecule is CN=C1O[C@@H](c2ccccc2)[C@@H]2CCCCN12. The Bertz CT molecular complexity index is 415. The smallest absolute Gasteiger partial charge is 0.288 e. The maximum Gasteiger partial charge on any atom is 0.288 e. The first kappa shape index (κ1) is 10.6. The molecule has 1 aromatic rings. The van der Waals surface area contributed by atoms with Gasteiger partial charge in [0.2, 0.25) is 0 Å². The summed E-state index contributed by atoms with van der Waals surface area (Å²) in [5.74, 6) is 0. The molecule has 2 heterocycles. The number of hydrogen-bond donors (Lipinski definition) is 0. The zero-order valence-corrected chi connectivity index (χ0v) is 10.2. The number of benzene rings is 1. The van der Waals surface area contributed by atoms with Gasteiger partial charge in [-0.3, -0.25) is 0 Å². The second-order valence-electron chi connectivity index (χ2n) is 4.71. The van der Waals surface area contributed by atoms with Crippen LogP contribution in [-0.4, -0.2) is 30.6 Å². The van der Waals surface area contributed by atoms with E-state index in [1.54, 1.807) is 0 Å². The maximum atomic E-state index is 6.02. The minimum atomic E-state index is 0.162. The van der Waals surface area contributed by atoms with E-state index in [1.165, 1.54) is 24.8 Å². The number of ether oxygens (including phenoxy) is 1. The van der Waals surface area contributed by atoms with Gasteiger partial charge in [-0.15, -0.1) is 0 Å². The number of piperidine rings is 1. The van der Waals surface area contributed by atoms with Crippen LogP contribution < -0.4 is 0 Å². The van der Waals surface area contributed by atoms with E-state index < -0.39 is 0 Å². The van der Waals surface area contributed by atoms with Crippen molar-refractivity contribution in [3.8, 4) is 0 Å². The molecule has 0 aliphatic carbocycles. The Hall–Kier alpha value is -1.51. The molecule has 3 nitrogen and oxygen atoms in total. The first-order valence-electron chi connectivity index (χ1n) is 6.35. The molecule has 2 fully saturated rings. The van der Waals surface area contributed by atoms with Crippen molar-refractivity contribution in [1.29, 1.82) is 0 Å². The van der Waals surface area contributed by atoms with Crippen molar-refractivity contribution >= 4 is 6.02 Å². The van der Waals surface area contributed by atoms with Gasteiger partial charge >= 0.3 is 0 Å². The van der Waals surface area contributed by atoms with Gasteiger partial charge in [0.1, 0.15) is 6.10 Å². The highest BCUT2D eigenvalue weighted by Crippen LogP contribution is 2.37. The van der Waals surface area contributed by atoms with Gasteiger partial charge < -0.3 is 9.64 Å². The van der Waals surface area contributed by atoms with Crippen LogP contribution in [0.25, 0.3) is 0 Å². The lowest BCUT2D eigenvalue weighted by atomic mass is 9.94. The largest absolute Gasteiger partial charge is 0.455 e. The van der Waals surface area contributed by atoms with Gasteiger partial charge in [0.25, 0.3) is 6.02 Å². The highest BCUT2D eigenvalue weighted by molar-refractivity contribution is 5.76. The summed E-state index contributed by atoms with van der Waals surface area (Å²) in [5.41, 5.74) is 1.27. The second kappa shape index (κ2) is 4.40. The van der Waals surface area contributed by atoms with Crippen LogP contribution in [0, 0.1) is 0 Å². The van der Waals surface area contributed by atoms with E-state index in [4.69, 9.17) is 4.74 Å². The Labute approximate surface area is 102 Å². The molecule has 2 atom stereocenters. The fourth-order valence-electron chi connectivity index (χ4n) is 2.88. The number of rotatable bonds is 1. The van der Waals surface area contributed by atoms with Gasteiger partial charge in [-0.1, -0.05) is 30.3 Å². The first-order valence-corrected chi connectivity index (χ1v) is 6.35. The lowest BCUT2D eigenvalue weighted by Gasteiger charge is -2.30. The average molecular weight is 230 g/mol. The third-order valence-electron chi connectivity index (χ3n) is 3.70. The van der Waals surface area contributed by atoms with E-state index in [2.05, 4.69) is 34.2 Å². The van der Waals surface area contributed by atoms with Crippen LogP contribution in [0.15, 0.2) is 35.3 Å². The van der Waals surface area contributed by atoms with Gasteiger partial charge in [0, 0.05) is 13.6 Å². The molecule has 2 aliphatic heterocycles. The van der Waals surface area contributed by atoms with Crippen LogP contribution in [0.2, 0.25) is 0 Å². The predicted octanol–water partition coefficient (Wildman–Crippen LogP) is 2.60. The number of amidine groups is 1. The summed E-state index contributed by atoms with van der Waals surface area (Å²) in [6, 6.07) is 11.8. The van der Waals surface area contributed by atoms with Crippen molar-refractivity contribution in [1.82, 2.24) is 4.90 Å². The van der Waals surface area contributed by atoms with Gasteiger partial charge in [-0.25, -0.2) is 4.99 Å². The number of hydrogen-bond acceptors (Lipinski definition) is 2. The van der Waals surface area contributed by atoms with Gasteiger partial charge in [-0.05, 0) is 24.8 Å². The lowest BCUT2D eigenvalue weighted by molar-refractivity contribution is 0.168. The quantitative estimate of drug-likeness (QED) is 0.740. The Morgan fingerprint density at radius 2 is 2.06 bits per heavy atom. The minimum absolute atomic E-state index is 0.162. The van der Waals surface area contributed by atoms with Crippen LogP contribution in [-0.2, 0) is 4.74 Å². The number of fused-ring (bicyclic) bond motifs is 1. The molecule has 2 aliphatic rings. The molecule has 0 N–H and O–H groups in total. The van der Waals surface area contributed by atoms with Crippen LogP contribution >= 0.6 is 0 Å². The minimum Gasteiger partial charge on any atom is -0.455 e. The molecular formula is C14H18N2O. The van der Waals surface area contributed by atoms with Crippen molar-refractivity contribution in [2.24, 2.45) is 4.99 Å². The first-order chi connectivity index (χ1) is 8.40. The van der Waals surface area contributed by atoms with Crippen LogP contribution in [0.4, 0.5) is 0 Å². The van der Waals surface area contributed by atoms with Crippen molar-refractivity contribution in [3.05, 3.63) is 35.9 Å². The molecule has 2 saturated heterocycles. The fraction of sp³-hybridized carbons (Fsp3) is 0.500. The molecule has 0 bridgehead atoms. The molecule has 90 valence electrons. The van der Waals surface area contributed by atoms with Crippen molar-refractivity contribution in [3.63, 3.8) is 0 Å². The summed E-state index contributed by atoms with van der Waals surface area (Å²) < 4.78 is 6.02. The molecule has 3 rings (SSSR count). The Morgan fingerprint density at radius 1 is 1.24 bits per heavy atom. The Balaban J connectivity index is 1.91. The highest BCUT2D eigenvalue weighted by Gasteiger charge is 2.41. The molecule has 0 saturated carbocycles. The molecule has 0 amide bonds. The van der Waals surface area contributed by atoms with Crippen molar-refractivity contribution in [2.45, 2.75) is 31.4 Å². The monoisotopic (exact) mass is 230 g/mol. The van der Waals surface area contributed by atoms with Crippen LogP contribution in [0.5, 0.6) is 0 Å². The van der Waals surface area contributed by atoms with E-state index in [0.29, 0.717) is 6.04 Å². The summed E-state index contributed by atoms with van der Waals surface area (Å²) in [5, 5.41) is 0. The van der Waals surface area contributed by atoms with Crippen molar-refractivity contribution < 1.29 is 4.74 Å². The molecule has 0 unspecified atom stereocenters. The van der Waals surface area contributed by atoms with Gasteiger partial charge in [0.15, 0.2) is 0 Å². The normalized spacial score (nSPS) is 30.2. The predicted molar refractivity (Wildman–Crippen MR) is 68.0 cm³/mol. The highest BCUT2D eigenvalue weighted by atomic mass is 16.5. The average Bonchev–Trinajstić information content (AvgIpc) is 2.78. The standard InChI is InChI=1S/C14H18N2O/c1-15-14-16-10-6-5-9-12(16)13(17-14)11-7-3-2-4-8-11/h2-4,7-8,12-13H,5-6,9-10H2,1H3/t12-,13-/m0/s1. The van der Waals surface area contributed by atoms with E-state index >= 15 is 0 Å². The molecule has 0 radical (unpaired) electrons. The number of aliphatic imine (C=N–C) groups is 1. The summed E-state index contributed by atoms with van der Waals surface area (Å²) in [6.07, 6.45) is 3.92. The van der Waals surface area contributed by atoms with Gasteiger partial charge in [0.05, 0.1) is 6.04 Å². The maximum absolute atomic E-state index is 6.02. The summed E-state index contributed by atoms with van der Waals surface area (Å²) in [6.45, 7) is 1.08. The molecule has 0 spiro atoms. The van der Waals surface area contributed by atoms with E-state index in [0.717, 1.165) is 12.6 Å². The number of nitrogens with zero attached hydrogens (tertiary/aromatic N) is 2. The van der Waals surface area contributed by atoms with E-state index in [1.807, 2.05) is 13.1 Å². The zero-order valence-electron chi connectivity index (χ0n) is 10.2. The Kier molecular flexibility index (Phi) is 2.75. The topological polar surface area (TPSA) is 24.8 Å². The van der Waals surface area contributed by atoms with E-state index in [9.17, 15) is 0 Å². The summed E-state index contributed by atoms with van der Waals surface area (Å²) in [7, 11) is 1.81. The second-order valence-corrected chi connectivity index (χ2v) is 4.71. The third kappa shape index (κ3) is 1.79. The van der Waals surface area contributed by atoms with Crippen molar-refractivity contribution in [2.75, 3.05) is 13.6 Å². The molecule has 17 heavy (non-hydrogen) atoms. The van der Waals surface area contributed by atoms with E-state index in [-0.39, 0.29) is 6.10 Å². The molecule has 0 aromatic heterocycles. The third-order valence-corrected chi connectivity index (χ3v) is 3.70. The lowest BCUT2D eigenvalue weighted by Crippen LogP contribution is -2.38. The zero-order chi connectivity index (χ0) is 11.7. The van der Waals surface area contributed by atoms with Gasteiger partial charge in [-0.2, -0.15) is 0 Å². The van der Waals surface area contributed by atoms with Crippen LogP contribution in [0.3, 0.4) is 0 Å². The Morgan fingerprint density at radius 3 is 2.82 bits per heavy atom. The van der Waals surface area contributed by atoms with Crippen LogP contribution in [0.1, 0.15) is 30.9 Å². The fourth-order valence-corrected chi connectivity index (χ4v) is 2.88. The molecular weight excluding hydrogens is 212 g/mol. The summed E-state index contributed by atoms with van der Waals surface area (Å²) >= 11 is 0. The molecule has 3 heteroatoms. The molecule has 1 aromatic carbocycles.